The Morgan fingerprint density at radius 2 is 2.33 bits per heavy atom. The first-order valence-electron chi connectivity index (χ1n) is 5.56. The van der Waals surface area contributed by atoms with Gasteiger partial charge in [0.15, 0.2) is 0 Å². The maximum atomic E-state index is 10.9. The SMILES string of the molecule is COC(=O)/C=C/NC1CCN2CCCC12. The van der Waals surface area contributed by atoms with Crippen molar-refractivity contribution in [1.29, 1.82) is 0 Å². The average Bonchev–Trinajstić information content (AvgIpc) is 2.81. The van der Waals surface area contributed by atoms with Crippen molar-refractivity contribution in [3.05, 3.63) is 12.3 Å². The number of carbonyl (C=O) groups excluding carboxylic acids is 1. The third kappa shape index (κ3) is 2.31. The number of hydrogen-bond acceptors (Lipinski definition) is 4. The summed E-state index contributed by atoms with van der Waals surface area (Å²) in [6.07, 6.45) is 6.93. The molecule has 15 heavy (non-hydrogen) atoms. The smallest absolute Gasteiger partial charge is 0.331 e. The Hall–Kier alpha value is -1.03. The Bertz CT molecular complexity index is 265. The standard InChI is InChI=1S/C11H18N2O2/c1-15-11(14)4-6-12-9-5-8-13-7-2-3-10(9)13/h4,6,9-10,12H,2-3,5,7-8H2,1H3/b6-4+. The van der Waals surface area contributed by atoms with E-state index in [1.54, 1.807) is 6.20 Å². The van der Waals surface area contributed by atoms with E-state index in [-0.39, 0.29) is 5.97 Å². The van der Waals surface area contributed by atoms with Crippen LogP contribution in [0.1, 0.15) is 19.3 Å². The first kappa shape index (κ1) is 10.5. The summed E-state index contributed by atoms with van der Waals surface area (Å²) in [5.74, 6) is -0.302. The van der Waals surface area contributed by atoms with Gasteiger partial charge in [-0.05, 0) is 25.8 Å². The van der Waals surface area contributed by atoms with Gasteiger partial charge in [-0.15, -0.1) is 0 Å². The van der Waals surface area contributed by atoms with Crippen LogP contribution in [0.5, 0.6) is 0 Å². The molecule has 4 nitrogen and oxygen atoms in total. The van der Waals surface area contributed by atoms with E-state index in [2.05, 4.69) is 15.0 Å². The molecule has 0 aliphatic carbocycles. The zero-order chi connectivity index (χ0) is 10.7. The van der Waals surface area contributed by atoms with Gasteiger partial charge in [0.25, 0.3) is 0 Å². The largest absolute Gasteiger partial charge is 0.466 e. The fourth-order valence-corrected chi connectivity index (χ4v) is 2.58. The van der Waals surface area contributed by atoms with Gasteiger partial charge in [0.05, 0.1) is 7.11 Å². The highest BCUT2D eigenvalue weighted by atomic mass is 16.5. The molecule has 2 unspecified atom stereocenters. The lowest BCUT2D eigenvalue weighted by atomic mass is 10.1. The molecule has 0 radical (unpaired) electrons. The van der Waals surface area contributed by atoms with Gasteiger partial charge >= 0.3 is 5.97 Å². The summed E-state index contributed by atoms with van der Waals surface area (Å²) in [7, 11) is 1.39. The maximum absolute atomic E-state index is 10.9. The highest BCUT2D eigenvalue weighted by Gasteiger charge is 2.36. The third-order valence-corrected chi connectivity index (χ3v) is 3.34. The van der Waals surface area contributed by atoms with Gasteiger partial charge in [-0.2, -0.15) is 0 Å². The summed E-state index contributed by atoms with van der Waals surface area (Å²) in [5, 5.41) is 3.30. The van der Waals surface area contributed by atoms with E-state index in [0.29, 0.717) is 12.1 Å². The van der Waals surface area contributed by atoms with Crippen LogP contribution in [-0.4, -0.2) is 43.2 Å². The summed E-state index contributed by atoms with van der Waals surface area (Å²) in [6, 6.07) is 1.18. The molecular formula is C11H18N2O2. The van der Waals surface area contributed by atoms with Crippen LogP contribution in [0.15, 0.2) is 12.3 Å². The first-order chi connectivity index (χ1) is 7.31. The van der Waals surface area contributed by atoms with Gasteiger partial charge in [-0.25, -0.2) is 4.79 Å². The van der Waals surface area contributed by atoms with E-state index in [4.69, 9.17) is 0 Å². The van der Waals surface area contributed by atoms with Gasteiger partial charge in [-0.3, -0.25) is 4.90 Å². The van der Waals surface area contributed by atoms with E-state index in [0.717, 1.165) is 0 Å². The monoisotopic (exact) mass is 210 g/mol. The quantitative estimate of drug-likeness (QED) is 0.544. The molecule has 2 heterocycles. The van der Waals surface area contributed by atoms with Crippen LogP contribution in [-0.2, 0) is 9.53 Å². The predicted octanol–water partition coefficient (Wildman–Crippen LogP) is 0.499. The number of methoxy groups -OCH3 is 1. The number of ether oxygens (including phenoxy) is 1. The molecule has 0 bridgehead atoms. The molecule has 0 aromatic carbocycles. The van der Waals surface area contributed by atoms with Crippen LogP contribution in [0.4, 0.5) is 0 Å². The average molecular weight is 210 g/mol. The zero-order valence-electron chi connectivity index (χ0n) is 9.11. The fourth-order valence-electron chi connectivity index (χ4n) is 2.58. The Morgan fingerprint density at radius 1 is 1.47 bits per heavy atom. The minimum absolute atomic E-state index is 0.302. The fraction of sp³-hybridized carbons (Fsp3) is 0.727. The van der Waals surface area contributed by atoms with Crippen LogP contribution in [0, 0.1) is 0 Å². The van der Waals surface area contributed by atoms with Crippen molar-refractivity contribution in [3.63, 3.8) is 0 Å². The van der Waals surface area contributed by atoms with Crippen LogP contribution in [0.3, 0.4) is 0 Å². The summed E-state index contributed by atoms with van der Waals surface area (Å²) in [6.45, 7) is 2.43. The van der Waals surface area contributed by atoms with Crippen molar-refractivity contribution in [2.45, 2.75) is 31.3 Å². The molecule has 0 amide bonds. The summed E-state index contributed by atoms with van der Waals surface area (Å²) < 4.78 is 4.53. The van der Waals surface area contributed by atoms with Crippen molar-refractivity contribution in [3.8, 4) is 0 Å². The molecule has 2 fully saturated rings. The maximum Gasteiger partial charge on any atom is 0.331 e. The topological polar surface area (TPSA) is 41.6 Å². The van der Waals surface area contributed by atoms with Gasteiger partial charge in [0.2, 0.25) is 0 Å². The Balaban J connectivity index is 1.80. The second kappa shape index (κ2) is 4.66. The number of rotatable bonds is 3. The molecule has 4 heteroatoms. The van der Waals surface area contributed by atoms with E-state index in [1.807, 2.05) is 0 Å². The van der Waals surface area contributed by atoms with Crippen molar-refractivity contribution in [2.75, 3.05) is 20.2 Å². The number of nitrogens with zero attached hydrogens (tertiary/aromatic N) is 1. The van der Waals surface area contributed by atoms with E-state index in [9.17, 15) is 4.79 Å². The number of carbonyl (C=O) groups is 1. The van der Waals surface area contributed by atoms with Crippen LogP contribution >= 0.6 is 0 Å². The Kier molecular flexibility index (Phi) is 3.26. The molecule has 0 aromatic rings. The highest BCUT2D eigenvalue weighted by molar-refractivity contribution is 5.81. The molecule has 0 aromatic heterocycles. The summed E-state index contributed by atoms with van der Waals surface area (Å²) in [4.78, 5) is 13.4. The van der Waals surface area contributed by atoms with Gasteiger partial charge in [0, 0.05) is 30.9 Å². The lowest BCUT2D eigenvalue weighted by Crippen LogP contribution is -2.36. The number of esters is 1. The summed E-state index contributed by atoms with van der Waals surface area (Å²) in [5.41, 5.74) is 0. The second-order valence-corrected chi connectivity index (χ2v) is 4.16. The molecular weight excluding hydrogens is 192 g/mol. The summed E-state index contributed by atoms with van der Waals surface area (Å²) >= 11 is 0. The predicted molar refractivity (Wildman–Crippen MR) is 57.3 cm³/mol. The van der Waals surface area contributed by atoms with Crippen LogP contribution in [0.2, 0.25) is 0 Å². The molecule has 0 spiro atoms. The number of hydrogen-bond donors (Lipinski definition) is 1. The van der Waals surface area contributed by atoms with Crippen molar-refractivity contribution in [2.24, 2.45) is 0 Å². The van der Waals surface area contributed by atoms with Crippen molar-refractivity contribution < 1.29 is 9.53 Å². The van der Waals surface area contributed by atoms with Gasteiger partial charge < -0.3 is 10.1 Å². The lowest BCUT2D eigenvalue weighted by molar-refractivity contribution is -0.134. The molecule has 2 rings (SSSR count). The molecule has 2 aliphatic rings. The minimum Gasteiger partial charge on any atom is -0.466 e. The molecule has 1 N–H and O–H groups in total. The highest BCUT2D eigenvalue weighted by Crippen LogP contribution is 2.27. The van der Waals surface area contributed by atoms with Gasteiger partial charge in [0.1, 0.15) is 0 Å². The van der Waals surface area contributed by atoms with E-state index < -0.39 is 0 Å². The second-order valence-electron chi connectivity index (χ2n) is 4.16. The van der Waals surface area contributed by atoms with E-state index >= 15 is 0 Å². The molecule has 84 valence electrons. The number of nitrogens with one attached hydrogen (secondary N) is 1. The Morgan fingerprint density at radius 3 is 3.13 bits per heavy atom. The van der Waals surface area contributed by atoms with E-state index in [1.165, 1.54) is 45.5 Å². The molecule has 0 saturated carbocycles. The Labute approximate surface area is 90.3 Å². The molecule has 2 aliphatic heterocycles. The third-order valence-electron chi connectivity index (χ3n) is 3.34. The first-order valence-corrected chi connectivity index (χ1v) is 5.56. The molecule has 2 saturated heterocycles. The number of fused-ring (bicyclic) bond motifs is 1. The van der Waals surface area contributed by atoms with Crippen molar-refractivity contribution in [1.82, 2.24) is 10.2 Å². The lowest BCUT2D eigenvalue weighted by Gasteiger charge is -2.20. The van der Waals surface area contributed by atoms with Crippen LogP contribution in [0.25, 0.3) is 0 Å². The zero-order valence-corrected chi connectivity index (χ0v) is 9.11. The van der Waals surface area contributed by atoms with Crippen molar-refractivity contribution >= 4 is 5.97 Å². The minimum atomic E-state index is -0.302. The van der Waals surface area contributed by atoms with Crippen LogP contribution < -0.4 is 5.32 Å². The van der Waals surface area contributed by atoms with Gasteiger partial charge in [-0.1, -0.05) is 0 Å². The normalized spacial score (nSPS) is 30.7. The molecule has 2 atom stereocenters.